The Kier molecular flexibility index (Phi) is 3.07. The molecule has 2 rings (SSSR count). The fourth-order valence-corrected chi connectivity index (χ4v) is 2.43. The molecule has 2 aliphatic heterocycles. The summed E-state index contributed by atoms with van der Waals surface area (Å²) in [5, 5.41) is 11.9. The highest BCUT2D eigenvalue weighted by Gasteiger charge is 2.63. The van der Waals surface area contributed by atoms with Gasteiger partial charge in [-0.25, -0.2) is 4.79 Å². The smallest absolute Gasteiger partial charge is 0.336 e. The van der Waals surface area contributed by atoms with Crippen LogP contribution in [0.3, 0.4) is 0 Å². The standard InChI is InChI=1S/C10H15NO6/c1-15-6-3-5-7(17-6)10(4-12,9(14)16-2)11-8(5)13/h5-7,12H,3-4H2,1-2H3,(H,11,13)/t5?,6-,7?,10+/m0/s1. The van der Waals surface area contributed by atoms with E-state index in [0.717, 1.165) is 0 Å². The predicted molar refractivity (Wildman–Crippen MR) is 53.8 cm³/mol. The Hall–Kier alpha value is -1.18. The van der Waals surface area contributed by atoms with Crippen molar-refractivity contribution in [2.75, 3.05) is 20.8 Å². The third-order valence-electron chi connectivity index (χ3n) is 3.34. The van der Waals surface area contributed by atoms with E-state index in [1.54, 1.807) is 0 Å². The van der Waals surface area contributed by atoms with Crippen LogP contribution in [0, 0.1) is 5.92 Å². The van der Waals surface area contributed by atoms with E-state index in [1.165, 1.54) is 14.2 Å². The van der Waals surface area contributed by atoms with E-state index in [1.807, 2.05) is 0 Å². The summed E-state index contributed by atoms with van der Waals surface area (Å²) in [6.07, 6.45) is -0.921. The highest BCUT2D eigenvalue weighted by atomic mass is 16.7. The van der Waals surface area contributed by atoms with Crippen LogP contribution in [0.2, 0.25) is 0 Å². The molecule has 0 bridgehead atoms. The molecule has 2 aliphatic rings. The second-order valence-corrected chi connectivity index (χ2v) is 4.17. The summed E-state index contributed by atoms with van der Waals surface area (Å²) >= 11 is 0. The van der Waals surface area contributed by atoms with E-state index < -0.39 is 36.4 Å². The first-order valence-corrected chi connectivity index (χ1v) is 5.28. The quantitative estimate of drug-likeness (QED) is 0.581. The molecule has 2 N–H and O–H groups in total. The number of aliphatic hydroxyl groups is 1. The molecule has 96 valence electrons. The van der Waals surface area contributed by atoms with Gasteiger partial charge in [-0.2, -0.15) is 0 Å². The van der Waals surface area contributed by atoms with E-state index in [9.17, 15) is 14.7 Å². The first-order chi connectivity index (χ1) is 8.08. The van der Waals surface area contributed by atoms with Crippen molar-refractivity contribution < 1.29 is 28.9 Å². The van der Waals surface area contributed by atoms with E-state index in [4.69, 9.17) is 9.47 Å². The third kappa shape index (κ3) is 1.62. The van der Waals surface area contributed by atoms with E-state index in [2.05, 4.69) is 10.1 Å². The van der Waals surface area contributed by atoms with E-state index in [-0.39, 0.29) is 5.91 Å². The fraction of sp³-hybridized carbons (Fsp3) is 0.800. The van der Waals surface area contributed by atoms with Gasteiger partial charge in [0.2, 0.25) is 5.91 Å². The highest BCUT2D eigenvalue weighted by Crippen LogP contribution is 2.39. The molecule has 1 amide bonds. The second-order valence-electron chi connectivity index (χ2n) is 4.17. The normalized spacial score (nSPS) is 39.9. The number of carbonyl (C=O) groups is 2. The maximum Gasteiger partial charge on any atom is 0.336 e. The molecule has 0 radical (unpaired) electrons. The predicted octanol–water partition coefficient (Wildman–Crippen LogP) is -1.60. The minimum atomic E-state index is -1.51. The molecule has 4 atom stereocenters. The zero-order chi connectivity index (χ0) is 12.6. The van der Waals surface area contributed by atoms with E-state index in [0.29, 0.717) is 6.42 Å². The Morgan fingerprint density at radius 3 is 2.88 bits per heavy atom. The molecule has 0 aromatic rings. The molecule has 0 aromatic carbocycles. The fourth-order valence-electron chi connectivity index (χ4n) is 2.43. The van der Waals surface area contributed by atoms with Crippen LogP contribution < -0.4 is 5.32 Å². The average molecular weight is 245 g/mol. The van der Waals surface area contributed by atoms with Crippen molar-refractivity contribution in [3.8, 4) is 0 Å². The Balaban J connectivity index is 2.30. The minimum absolute atomic E-state index is 0.325. The molecule has 0 spiro atoms. The van der Waals surface area contributed by atoms with Crippen LogP contribution in [0.1, 0.15) is 6.42 Å². The summed E-state index contributed by atoms with van der Waals surface area (Å²) in [7, 11) is 2.66. The van der Waals surface area contributed by atoms with Gasteiger partial charge in [-0.1, -0.05) is 0 Å². The van der Waals surface area contributed by atoms with Crippen LogP contribution in [-0.4, -0.2) is 55.7 Å². The Labute approximate surface area is 98.0 Å². The molecule has 7 heteroatoms. The Morgan fingerprint density at radius 1 is 1.65 bits per heavy atom. The summed E-state index contributed by atoms with van der Waals surface area (Å²) in [4.78, 5) is 23.5. The first-order valence-electron chi connectivity index (χ1n) is 5.28. The largest absolute Gasteiger partial charge is 0.467 e. The van der Waals surface area contributed by atoms with Crippen molar-refractivity contribution in [1.82, 2.24) is 5.32 Å². The summed E-state index contributed by atoms with van der Waals surface area (Å²) in [6, 6.07) is 0. The number of ether oxygens (including phenoxy) is 3. The highest BCUT2D eigenvalue weighted by molar-refractivity contribution is 5.95. The van der Waals surface area contributed by atoms with Gasteiger partial charge in [-0.3, -0.25) is 4.79 Å². The van der Waals surface area contributed by atoms with Crippen LogP contribution in [0.5, 0.6) is 0 Å². The zero-order valence-electron chi connectivity index (χ0n) is 9.63. The van der Waals surface area contributed by atoms with Crippen molar-refractivity contribution >= 4 is 11.9 Å². The molecule has 2 fully saturated rings. The summed E-state index contributed by atoms with van der Waals surface area (Å²) in [5.74, 6) is -1.53. The van der Waals surface area contributed by atoms with Crippen LogP contribution in [0.15, 0.2) is 0 Å². The van der Waals surface area contributed by atoms with Crippen molar-refractivity contribution in [2.45, 2.75) is 24.4 Å². The number of aliphatic hydroxyl groups excluding tert-OH is 1. The summed E-state index contributed by atoms with van der Waals surface area (Å²) in [5.41, 5.74) is -1.51. The molecule has 7 nitrogen and oxygen atoms in total. The molecular formula is C10H15NO6. The summed E-state index contributed by atoms with van der Waals surface area (Å²) < 4.78 is 15.1. The SMILES string of the molecule is COC(=O)[C@]1(CO)NC(=O)C2C[C@@H](OC)OC21. The van der Waals surface area contributed by atoms with Gasteiger partial charge in [0.05, 0.1) is 19.6 Å². The number of rotatable bonds is 3. The molecule has 17 heavy (non-hydrogen) atoms. The van der Waals surface area contributed by atoms with Crippen LogP contribution in [0.4, 0.5) is 0 Å². The molecular weight excluding hydrogens is 230 g/mol. The van der Waals surface area contributed by atoms with Gasteiger partial charge in [0.25, 0.3) is 0 Å². The zero-order valence-corrected chi connectivity index (χ0v) is 9.63. The third-order valence-corrected chi connectivity index (χ3v) is 3.34. The van der Waals surface area contributed by atoms with E-state index >= 15 is 0 Å². The van der Waals surface area contributed by atoms with Gasteiger partial charge in [-0.15, -0.1) is 0 Å². The number of fused-ring (bicyclic) bond motifs is 1. The van der Waals surface area contributed by atoms with Crippen molar-refractivity contribution in [3.63, 3.8) is 0 Å². The molecule has 0 saturated carbocycles. The lowest BCUT2D eigenvalue weighted by Gasteiger charge is -2.29. The van der Waals surface area contributed by atoms with Gasteiger partial charge in [-0.05, 0) is 0 Å². The molecule has 0 aromatic heterocycles. The number of hydrogen-bond donors (Lipinski definition) is 2. The molecule has 0 aliphatic carbocycles. The maximum absolute atomic E-state index is 11.7. The second kappa shape index (κ2) is 4.25. The average Bonchev–Trinajstić information content (AvgIpc) is 2.88. The van der Waals surface area contributed by atoms with Crippen LogP contribution in [-0.2, 0) is 23.8 Å². The van der Waals surface area contributed by atoms with Gasteiger partial charge < -0.3 is 24.6 Å². The van der Waals surface area contributed by atoms with Crippen molar-refractivity contribution in [3.05, 3.63) is 0 Å². The number of methoxy groups -OCH3 is 2. The summed E-state index contributed by atoms with van der Waals surface area (Å²) in [6.45, 7) is -0.566. The lowest BCUT2D eigenvalue weighted by atomic mass is 9.90. The minimum Gasteiger partial charge on any atom is -0.467 e. The molecule has 2 unspecified atom stereocenters. The van der Waals surface area contributed by atoms with Crippen molar-refractivity contribution in [2.24, 2.45) is 5.92 Å². The number of carbonyl (C=O) groups excluding carboxylic acids is 2. The van der Waals surface area contributed by atoms with Crippen molar-refractivity contribution in [1.29, 1.82) is 0 Å². The Bertz CT molecular complexity index is 346. The molecule has 2 heterocycles. The number of nitrogens with one attached hydrogen (secondary N) is 1. The van der Waals surface area contributed by atoms with Gasteiger partial charge in [0.1, 0.15) is 6.10 Å². The number of amides is 1. The first kappa shape index (κ1) is 12.3. The lowest BCUT2D eigenvalue weighted by molar-refractivity contribution is -0.168. The van der Waals surface area contributed by atoms with Crippen LogP contribution >= 0.6 is 0 Å². The van der Waals surface area contributed by atoms with Crippen LogP contribution in [0.25, 0.3) is 0 Å². The maximum atomic E-state index is 11.7. The van der Waals surface area contributed by atoms with Gasteiger partial charge in [0.15, 0.2) is 11.8 Å². The topological polar surface area (TPSA) is 94.1 Å². The number of hydrogen-bond acceptors (Lipinski definition) is 6. The monoisotopic (exact) mass is 245 g/mol. The Morgan fingerprint density at radius 2 is 2.35 bits per heavy atom. The number of esters is 1. The van der Waals surface area contributed by atoms with Gasteiger partial charge >= 0.3 is 5.97 Å². The lowest BCUT2D eigenvalue weighted by Crippen LogP contribution is -2.59. The molecule has 2 saturated heterocycles. The van der Waals surface area contributed by atoms with Gasteiger partial charge in [0, 0.05) is 13.5 Å².